The van der Waals surface area contributed by atoms with Crippen molar-refractivity contribution in [3.05, 3.63) is 16.4 Å². The lowest BCUT2D eigenvalue weighted by molar-refractivity contribution is -0.383. The Morgan fingerprint density at radius 1 is 1.55 bits per heavy atom. The van der Waals surface area contributed by atoms with Crippen molar-refractivity contribution < 1.29 is 4.92 Å². The van der Waals surface area contributed by atoms with E-state index < -0.39 is 4.92 Å². The number of piperazine rings is 1. The molecule has 20 heavy (non-hydrogen) atoms. The minimum Gasteiger partial charge on any atom is -0.348 e. The van der Waals surface area contributed by atoms with Gasteiger partial charge in [-0.15, -0.1) is 0 Å². The molecule has 110 valence electrons. The Balaban J connectivity index is 2.35. The molecule has 0 radical (unpaired) electrons. The molecule has 0 aliphatic carbocycles. The largest absolute Gasteiger partial charge is 0.354 e. The van der Waals surface area contributed by atoms with Gasteiger partial charge in [0, 0.05) is 25.7 Å². The fourth-order valence-corrected chi connectivity index (χ4v) is 2.45. The van der Waals surface area contributed by atoms with E-state index in [1.54, 1.807) is 0 Å². The summed E-state index contributed by atoms with van der Waals surface area (Å²) in [5.74, 6) is 5.65. The normalized spacial score (nSPS) is 19.9. The molecule has 3 N–H and O–H groups in total. The number of nitrogen functional groups attached to an aromatic ring is 1. The van der Waals surface area contributed by atoms with E-state index in [0.717, 1.165) is 13.0 Å². The van der Waals surface area contributed by atoms with Crippen LogP contribution in [0.25, 0.3) is 0 Å². The van der Waals surface area contributed by atoms with E-state index >= 15 is 0 Å². The van der Waals surface area contributed by atoms with Gasteiger partial charge in [0.2, 0.25) is 11.6 Å². The van der Waals surface area contributed by atoms with Crippen molar-refractivity contribution in [3.8, 4) is 0 Å². The molecule has 2 rings (SSSR count). The molecule has 0 saturated carbocycles. The summed E-state index contributed by atoms with van der Waals surface area (Å²) in [6.07, 6.45) is 2.27. The van der Waals surface area contributed by atoms with E-state index in [-0.39, 0.29) is 11.5 Å². The highest BCUT2D eigenvalue weighted by Crippen LogP contribution is 2.32. The average molecular weight is 281 g/mol. The molecule has 9 nitrogen and oxygen atoms in total. The van der Waals surface area contributed by atoms with Gasteiger partial charge in [-0.05, 0) is 13.5 Å². The van der Waals surface area contributed by atoms with Crippen LogP contribution in [-0.2, 0) is 0 Å². The van der Waals surface area contributed by atoms with Gasteiger partial charge in [-0.25, -0.2) is 15.8 Å². The number of hydrogen-bond acceptors (Lipinski definition) is 8. The van der Waals surface area contributed by atoms with Crippen LogP contribution in [0.4, 0.5) is 17.3 Å². The summed E-state index contributed by atoms with van der Waals surface area (Å²) in [6, 6.07) is 0.354. The van der Waals surface area contributed by atoms with Gasteiger partial charge in [-0.1, -0.05) is 6.92 Å². The molecule has 1 aliphatic rings. The lowest BCUT2D eigenvalue weighted by Crippen LogP contribution is -2.51. The Hall–Kier alpha value is -2.00. The standard InChI is InChI=1S/C11H19N7O2/c1-3-8-6-17(5-4-16(8)2)11-9(18(19)20)10(15-12)13-7-14-11/h7-8H,3-6,12H2,1-2H3,(H,13,14,15). The Labute approximate surface area is 116 Å². The highest BCUT2D eigenvalue weighted by Gasteiger charge is 2.31. The molecular weight excluding hydrogens is 262 g/mol. The van der Waals surface area contributed by atoms with Crippen molar-refractivity contribution >= 4 is 17.3 Å². The van der Waals surface area contributed by atoms with Crippen LogP contribution >= 0.6 is 0 Å². The predicted molar refractivity (Wildman–Crippen MR) is 75.4 cm³/mol. The number of rotatable bonds is 4. The van der Waals surface area contributed by atoms with E-state index in [2.05, 4.69) is 34.3 Å². The van der Waals surface area contributed by atoms with Gasteiger partial charge in [0.05, 0.1) is 4.92 Å². The summed E-state index contributed by atoms with van der Waals surface area (Å²) >= 11 is 0. The summed E-state index contributed by atoms with van der Waals surface area (Å²) in [7, 11) is 2.06. The minimum absolute atomic E-state index is 0.0342. The maximum Gasteiger partial charge on any atom is 0.354 e. The fourth-order valence-electron chi connectivity index (χ4n) is 2.45. The summed E-state index contributed by atoms with van der Waals surface area (Å²) in [6.45, 7) is 4.33. The zero-order valence-corrected chi connectivity index (χ0v) is 11.6. The molecule has 1 unspecified atom stereocenters. The monoisotopic (exact) mass is 281 g/mol. The summed E-state index contributed by atoms with van der Waals surface area (Å²) < 4.78 is 0. The molecule has 0 amide bonds. The summed E-state index contributed by atoms with van der Waals surface area (Å²) in [5.41, 5.74) is 2.09. The zero-order valence-electron chi connectivity index (χ0n) is 11.6. The van der Waals surface area contributed by atoms with Crippen molar-refractivity contribution in [2.45, 2.75) is 19.4 Å². The molecule has 0 spiro atoms. The molecule has 1 fully saturated rings. The van der Waals surface area contributed by atoms with Crippen molar-refractivity contribution in [3.63, 3.8) is 0 Å². The molecule has 1 atom stereocenters. The lowest BCUT2D eigenvalue weighted by Gasteiger charge is -2.39. The van der Waals surface area contributed by atoms with Crippen LogP contribution in [0.15, 0.2) is 6.33 Å². The number of aromatic nitrogens is 2. The third kappa shape index (κ3) is 2.63. The van der Waals surface area contributed by atoms with E-state index in [1.165, 1.54) is 6.33 Å². The molecular formula is C11H19N7O2. The predicted octanol–water partition coefficient (Wildman–Crippen LogP) is 0.201. The second kappa shape index (κ2) is 5.97. The molecule has 1 saturated heterocycles. The van der Waals surface area contributed by atoms with Crippen molar-refractivity contribution in [1.29, 1.82) is 0 Å². The number of anilines is 2. The van der Waals surface area contributed by atoms with E-state index in [1.807, 2.05) is 4.90 Å². The molecule has 2 heterocycles. The Morgan fingerprint density at radius 3 is 2.90 bits per heavy atom. The molecule has 0 aromatic carbocycles. The first kappa shape index (κ1) is 14.4. The maximum atomic E-state index is 11.3. The number of nitrogens with one attached hydrogen (secondary N) is 1. The van der Waals surface area contributed by atoms with Gasteiger partial charge in [0.1, 0.15) is 6.33 Å². The first-order chi connectivity index (χ1) is 9.58. The van der Waals surface area contributed by atoms with Crippen LogP contribution in [0.5, 0.6) is 0 Å². The summed E-state index contributed by atoms with van der Waals surface area (Å²) in [5, 5.41) is 11.3. The molecule has 1 aliphatic heterocycles. The number of nitro groups is 1. The van der Waals surface area contributed by atoms with E-state index in [4.69, 9.17) is 5.84 Å². The topological polar surface area (TPSA) is 113 Å². The SMILES string of the molecule is CCC1CN(c2ncnc(NN)c2[N+](=O)[O-])CCN1C. The first-order valence-electron chi connectivity index (χ1n) is 6.49. The van der Waals surface area contributed by atoms with Crippen LogP contribution in [0.2, 0.25) is 0 Å². The number of hydrogen-bond donors (Lipinski definition) is 2. The second-order valence-electron chi connectivity index (χ2n) is 4.78. The maximum absolute atomic E-state index is 11.3. The van der Waals surface area contributed by atoms with Crippen LogP contribution in [0.3, 0.4) is 0 Å². The smallest absolute Gasteiger partial charge is 0.348 e. The average Bonchev–Trinajstić information content (AvgIpc) is 2.46. The zero-order chi connectivity index (χ0) is 14.7. The third-order valence-electron chi connectivity index (χ3n) is 3.67. The first-order valence-corrected chi connectivity index (χ1v) is 6.49. The molecule has 1 aromatic heterocycles. The highest BCUT2D eigenvalue weighted by atomic mass is 16.6. The van der Waals surface area contributed by atoms with Crippen molar-refractivity contribution in [2.24, 2.45) is 5.84 Å². The van der Waals surface area contributed by atoms with E-state index in [9.17, 15) is 10.1 Å². The van der Waals surface area contributed by atoms with Gasteiger partial charge in [-0.3, -0.25) is 15.0 Å². The number of nitrogens with zero attached hydrogens (tertiary/aromatic N) is 5. The van der Waals surface area contributed by atoms with Gasteiger partial charge >= 0.3 is 5.69 Å². The minimum atomic E-state index is -0.496. The van der Waals surface area contributed by atoms with Gasteiger partial charge in [0.25, 0.3) is 0 Å². The fraction of sp³-hybridized carbons (Fsp3) is 0.636. The van der Waals surface area contributed by atoms with Crippen LogP contribution in [0.1, 0.15) is 13.3 Å². The third-order valence-corrected chi connectivity index (χ3v) is 3.67. The summed E-state index contributed by atoms with van der Waals surface area (Å²) in [4.78, 5) is 22.8. The Kier molecular flexibility index (Phi) is 4.30. The second-order valence-corrected chi connectivity index (χ2v) is 4.78. The Morgan fingerprint density at radius 2 is 2.30 bits per heavy atom. The molecule has 1 aromatic rings. The van der Waals surface area contributed by atoms with Gasteiger partial charge in [0.15, 0.2) is 0 Å². The van der Waals surface area contributed by atoms with Gasteiger partial charge in [-0.2, -0.15) is 0 Å². The quantitative estimate of drug-likeness (QED) is 0.457. The molecule has 9 heteroatoms. The van der Waals surface area contributed by atoms with Gasteiger partial charge < -0.3 is 10.3 Å². The Bertz CT molecular complexity index is 496. The van der Waals surface area contributed by atoms with Crippen molar-refractivity contribution in [1.82, 2.24) is 14.9 Å². The lowest BCUT2D eigenvalue weighted by atomic mass is 10.1. The van der Waals surface area contributed by atoms with E-state index in [0.29, 0.717) is 24.9 Å². The van der Waals surface area contributed by atoms with Crippen molar-refractivity contribution in [2.75, 3.05) is 37.0 Å². The number of likely N-dealkylation sites (N-methyl/N-ethyl adjacent to an activating group) is 1. The highest BCUT2D eigenvalue weighted by molar-refractivity contribution is 5.70. The van der Waals surface area contributed by atoms with Crippen LogP contribution < -0.4 is 16.2 Å². The van der Waals surface area contributed by atoms with Crippen LogP contribution in [-0.4, -0.2) is 52.5 Å². The number of hydrazine groups is 1. The van der Waals surface area contributed by atoms with Crippen LogP contribution in [0, 0.1) is 10.1 Å². The number of nitrogens with two attached hydrogens (primary N) is 1. The molecule has 0 bridgehead atoms.